The Morgan fingerprint density at radius 2 is 1.95 bits per heavy atom. The number of aromatic nitrogens is 3. The number of nitrogens with one attached hydrogen (secondary N) is 1. The number of anilines is 2. The van der Waals surface area contributed by atoms with Crippen molar-refractivity contribution >= 4 is 11.6 Å². The van der Waals surface area contributed by atoms with E-state index in [1.807, 2.05) is 18.2 Å². The van der Waals surface area contributed by atoms with Gasteiger partial charge in [0.2, 0.25) is 5.95 Å². The highest BCUT2D eigenvalue weighted by atomic mass is 16.5. The lowest BCUT2D eigenvalue weighted by Crippen LogP contribution is -2.15. The lowest BCUT2D eigenvalue weighted by atomic mass is 10.2. The number of nitrogens with zero attached hydrogens (tertiary/aromatic N) is 3. The molecule has 0 aliphatic rings. The van der Waals surface area contributed by atoms with Gasteiger partial charge in [0.05, 0.1) is 17.9 Å². The summed E-state index contributed by atoms with van der Waals surface area (Å²) in [5.41, 5.74) is 8.33. The van der Waals surface area contributed by atoms with Crippen LogP contribution in [0.5, 0.6) is 5.75 Å². The molecule has 2 aromatic rings. The molecule has 0 saturated heterocycles. The Morgan fingerprint density at radius 1 is 1.14 bits per heavy atom. The van der Waals surface area contributed by atoms with E-state index in [-0.39, 0.29) is 0 Å². The molecule has 6 nitrogen and oxygen atoms in total. The van der Waals surface area contributed by atoms with E-state index in [4.69, 9.17) is 10.5 Å². The zero-order valence-corrected chi connectivity index (χ0v) is 12.5. The molecular weight excluding hydrogens is 266 g/mol. The minimum absolute atomic E-state index is 0.504. The van der Waals surface area contributed by atoms with Crippen LogP contribution in [-0.4, -0.2) is 28.3 Å². The fraction of sp³-hybridized carbons (Fsp3) is 0.400. The lowest BCUT2D eigenvalue weighted by Gasteiger charge is -2.09. The number of hydrogen-bond donors (Lipinski definition) is 2. The highest BCUT2D eigenvalue weighted by Gasteiger charge is 2.05. The maximum Gasteiger partial charge on any atom is 0.243 e. The summed E-state index contributed by atoms with van der Waals surface area (Å²) < 4.78 is 5.59. The van der Waals surface area contributed by atoms with Crippen molar-refractivity contribution in [2.75, 3.05) is 24.2 Å². The van der Waals surface area contributed by atoms with Crippen molar-refractivity contribution in [2.45, 2.75) is 26.7 Å². The number of hydrogen-bond acceptors (Lipinski definition) is 6. The van der Waals surface area contributed by atoms with Gasteiger partial charge in [-0.25, -0.2) is 4.98 Å². The summed E-state index contributed by atoms with van der Waals surface area (Å²) in [6, 6.07) is 7.36. The van der Waals surface area contributed by atoms with Gasteiger partial charge >= 0.3 is 0 Å². The predicted octanol–water partition coefficient (Wildman–Crippen LogP) is 2.07. The van der Waals surface area contributed by atoms with Gasteiger partial charge < -0.3 is 15.8 Å². The van der Waals surface area contributed by atoms with Crippen LogP contribution in [0.15, 0.2) is 24.3 Å². The molecule has 1 aromatic heterocycles. The summed E-state index contributed by atoms with van der Waals surface area (Å²) in [5.74, 6) is 1.30. The van der Waals surface area contributed by atoms with E-state index in [0.29, 0.717) is 24.8 Å². The Bertz CT molecular complexity index is 588. The maximum absolute atomic E-state index is 5.69. The summed E-state index contributed by atoms with van der Waals surface area (Å²) in [6.45, 7) is 5.22. The predicted molar refractivity (Wildman–Crippen MR) is 83.4 cm³/mol. The van der Waals surface area contributed by atoms with Crippen molar-refractivity contribution in [3.63, 3.8) is 0 Å². The summed E-state index contributed by atoms with van der Waals surface area (Å²) in [6.07, 6.45) is 1.70. The Balaban J connectivity index is 1.83. The second kappa shape index (κ2) is 7.42. The SMILES string of the molecule is CCc1nnc(NCCOc2cccc(N)c2)nc1CC. The molecule has 0 aliphatic heterocycles. The van der Waals surface area contributed by atoms with Gasteiger partial charge in [-0.1, -0.05) is 19.9 Å². The molecule has 6 heteroatoms. The number of nitrogens with two attached hydrogens (primary N) is 1. The van der Waals surface area contributed by atoms with E-state index in [0.717, 1.165) is 30.0 Å². The van der Waals surface area contributed by atoms with Crippen molar-refractivity contribution in [1.29, 1.82) is 0 Å². The van der Waals surface area contributed by atoms with Crippen LogP contribution in [0.25, 0.3) is 0 Å². The Labute approximate surface area is 124 Å². The highest BCUT2D eigenvalue weighted by Crippen LogP contribution is 2.14. The largest absolute Gasteiger partial charge is 0.492 e. The van der Waals surface area contributed by atoms with Crippen molar-refractivity contribution in [2.24, 2.45) is 0 Å². The van der Waals surface area contributed by atoms with Crippen LogP contribution in [-0.2, 0) is 12.8 Å². The van der Waals surface area contributed by atoms with E-state index in [9.17, 15) is 0 Å². The fourth-order valence-corrected chi connectivity index (χ4v) is 1.95. The van der Waals surface area contributed by atoms with Crippen molar-refractivity contribution in [3.8, 4) is 5.75 Å². The summed E-state index contributed by atoms with van der Waals surface area (Å²) in [5, 5.41) is 11.4. The molecule has 0 unspecified atom stereocenters. The van der Waals surface area contributed by atoms with Gasteiger partial charge in [0.25, 0.3) is 0 Å². The first-order valence-electron chi connectivity index (χ1n) is 7.17. The highest BCUT2D eigenvalue weighted by molar-refractivity contribution is 5.43. The molecule has 0 atom stereocenters. The van der Waals surface area contributed by atoms with Gasteiger partial charge in [-0.2, -0.15) is 5.10 Å². The van der Waals surface area contributed by atoms with Crippen LogP contribution < -0.4 is 15.8 Å². The van der Waals surface area contributed by atoms with Gasteiger partial charge in [0.15, 0.2) is 0 Å². The monoisotopic (exact) mass is 287 g/mol. The van der Waals surface area contributed by atoms with Crippen molar-refractivity contribution < 1.29 is 4.74 Å². The first kappa shape index (κ1) is 15.0. The van der Waals surface area contributed by atoms with Crippen molar-refractivity contribution in [1.82, 2.24) is 15.2 Å². The summed E-state index contributed by atoms with van der Waals surface area (Å²) in [4.78, 5) is 4.46. The third kappa shape index (κ3) is 4.30. The lowest BCUT2D eigenvalue weighted by molar-refractivity contribution is 0.332. The van der Waals surface area contributed by atoms with Gasteiger partial charge in [-0.05, 0) is 25.0 Å². The smallest absolute Gasteiger partial charge is 0.243 e. The van der Waals surface area contributed by atoms with Crippen LogP contribution in [0.1, 0.15) is 25.2 Å². The molecule has 0 fully saturated rings. The molecular formula is C15H21N5O. The molecule has 1 aromatic carbocycles. The van der Waals surface area contributed by atoms with Gasteiger partial charge in [-0.15, -0.1) is 5.10 Å². The van der Waals surface area contributed by atoms with Crippen LogP contribution >= 0.6 is 0 Å². The molecule has 2 rings (SSSR count). The minimum Gasteiger partial charge on any atom is -0.492 e. The van der Waals surface area contributed by atoms with E-state index < -0.39 is 0 Å². The quantitative estimate of drug-likeness (QED) is 0.599. The summed E-state index contributed by atoms with van der Waals surface area (Å²) >= 11 is 0. The van der Waals surface area contributed by atoms with Gasteiger partial charge in [0.1, 0.15) is 12.4 Å². The third-order valence-corrected chi connectivity index (χ3v) is 3.02. The number of ether oxygens (including phenoxy) is 1. The van der Waals surface area contributed by atoms with E-state index in [1.165, 1.54) is 0 Å². The molecule has 1 heterocycles. The number of nitrogen functional groups attached to an aromatic ring is 1. The first-order chi connectivity index (χ1) is 10.2. The molecule has 0 saturated carbocycles. The van der Waals surface area contributed by atoms with Crippen LogP contribution in [0.2, 0.25) is 0 Å². The van der Waals surface area contributed by atoms with Crippen LogP contribution in [0, 0.1) is 0 Å². The second-order valence-electron chi connectivity index (χ2n) is 4.58. The average molecular weight is 287 g/mol. The zero-order chi connectivity index (χ0) is 15.1. The minimum atomic E-state index is 0.504. The molecule has 0 bridgehead atoms. The third-order valence-electron chi connectivity index (χ3n) is 3.02. The Kier molecular flexibility index (Phi) is 5.31. The van der Waals surface area contributed by atoms with Gasteiger partial charge in [-0.3, -0.25) is 0 Å². The second-order valence-corrected chi connectivity index (χ2v) is 4.58. The Hall–Kier alpha value is -2.37. The zero-order valence-electron chi connectivity index (χ0n) is 12.5. The molecule has 3 N–H and O–H groups in total. The molecule has 0 aliphatic carbocycles. The fourth-order valence-electron chi connectivity index (χ4n) is 1.95. The maximum atomic E-state index is 5.69. The standard InChI is InChI=1S/C15H21N5O/c1-3-13-14(4-2)19-20-15(18-13)17-8-9-21-12-7-5-6-11(16)10-12/h5-7,10H,3-4,8-9,16H2,1-2H3,(H,17,18,20). The molecule has 21 heavy (non-hydrogen) atoms. The number of rotatable bonds is 7. The molecule has 0 radical (unpaired) electrons. The van der Waals surface area contributed by atoms with Crippen LogP contribution in [0.4, 0.5) is 11.6 Å². The topological polar surface area (TPSA) is 86.0 Å². The number of benzene rings is 1. The average Bonchev–Trinajstić information content (AvgIpc) is 2.51. The van der Waals surface area contributed by atoms with E-state index in [1.54, 1.807) is 6.07 Å². The summed E-state index contributed by atoms with van der Waals surface area (Å²) in [7, 11) is 0. The molecule has 112 valence electrons. The van der Waals surface area contributed by atoms with Crippen LogP contribution in [0.3, 0.4) is 0 Å². The van der Waals surface area contributed by atoms with E-state index in [2.05, 4.69) is 34.3 Å². The first-order valence-corrected chi connectivity index (χ1v) is 7.17. The Morgan fingerprint density at radius 3 is 2.67 bits per heavy atom. The molecule has 0 amide bonds. The van der Waals surface area contributed by atoms with Gasteiger partial charge in [0, 0.05) is 11.8 Å². The normalized spacial score (nSPS) is 10.4. The number of aryl methyl sites for hydroxylation is 2. The van der Waals surface area contributed by atoms with E-state index >= 15 is 0 Å². The molecule has 0 spiro atoms. The van der Waals surface area contributed by atoms with Crippen molar-refractivity contribution in [3.05, 3.63) is 35.7 Å².